The maximum absolute atomic E-state index is 12.1. The Balaban J connectivity index is 2.23. The normalized spacial score (nSPS) is 20.3. The molecule has 1 fully saturated rings. The van der Waals surface area contributed by atoms with Crippen LogP contribution >= 0.6 is 0 Å². The van der Waals surface area contributed by atoms with E-state index >= 15 is 0 Å². The van der Waals surface area contributed by atoms with E-state index in [9.17, 15) is 9.59 Å². The number of carboxylic acid groups (broad SMARTS) is 1. The van der Waals surface area contributed by atoms with Gasteiger partial charge in [-0.05, 0) is 26.2 Å². The molecule has 0 aromatic carbocycles. The van der Waals surface area contributed by atoms with Crippen LogP contribution in [-0.2, 0) is 4.79 Å². The summed E-state index contributed by atoms with van der Waals surface area (Å²) in [6.45, 7) is 2.17. The number of carbonyl (C=O) groups excluding carboxylic acids is 1. The van der Waals surface area contributed by atoms with Crippen molar-refractivity contribution in [1.82, 2.24) is 10.1 Å². The first-order valence-corrected chi connectivity index (χ1v) is 5.56. The molecular weight excluding hydrogens is 224 g/mol. The number of aliphatic carboxylic acids is 1. The summed E-state index contributed by atoms with van der Waals surface area (Å²) < 4.78 is 4.87. The van der Waals surface area contributed by atoms with Gasteiger partial charge in [0, 0.05) is 12.1 Å². The lowest BCUT2D eigenvalue weighted by atomic mass is 10.0. The summed E-state index contributed by atoms with van der Waals surface area (Å²) in [6, 6.07) is -0.749. The topological polar surface area (TPSA) is 83.6 Å². The summed E-state index contributed by atoms with van der Waals surface area (Å²) in [6.07, 6.45) is 3.60. The molecule has 1 aromatic heterocycles. The van der Waals surface area contributed by atoms with Gasteiger partial charge >= 0.3 is 5.97 Å². The Labute approximate surface area is 98.2 Å². The molecule has 1 aliphatic rings. The largest absolute Gasteiger partial charge is 0.480 e. The van der Waals surface area contributed by atoms with Crippen LogP contribution in [0, 0.1) is 6.92 Å². The van der Waals surface area contributed by atoms with Crippen LogP contribution in [-0.4, -0.2) is 39.6 Å². The van der Waals surface area contributed by atoms with Crippen molar-refractivity contribution in [3.63, 3.8) is 0 Å². The zero-order valence-corrected chi connectivity index (χ0v) is 9.55. The summed E-state index contributed by atoms with van der Waals surface area (Å²) >= 11 is 0. The molecule has 0 radical (unpaired) electrons. The summed E-state index contributed by atoms with van der Waals surface area (Å²) in [5.41, 5.74) is 0.629. The third-order valence-corrected chi connectivity index (χ3v) is 2.99. The lowest BCUT2D eigenvalue weighted by molar-refractivity contribution is -0.143. The van der Waals surface area contributed by atoms with E-state index in [1.165, 1.54) is 11.1 Å². The lowest BCUT2D eigenvalue weighted by Crippen LogP contribution is -2.48. The van der Waals surface area contributed by atoms with E-state index in [-0.39, 0.29) is 11.7 Å². The minimum absolute atomic E-state index is 0.137. The molecule has 1 aliphatic heterocycles. The molecule has 2 heterocycles. The predicted molar refractivity (Wildman–Crippen MR) is 57.6 cm³/mol. The van der Waals surface area contributed by atoms with E-state index in [1.807, 2.05) is 0 Å². The number of carboxylic acids is 1. The SMILES string of the molecule is Cc1cnoc1C(=O)N1CCCCC1C(=O)O. The molecule has 0 aliphatic carbocycles. The fraction of sp³-hybridized carbons (Fsp3) is 0.545. The Morgan fingerprint density at radius 1 is 1.53 bits per heavy atom. The fourth-order valence-corrected chi connectivity index (χ4v) is 2.06. The summed E-state index contributed by atoms with van der Waals surface area (Å²) in [4.78, 5) is 24.6. The number of likely N-dealkylation sites (tertiary alicyclic amines) is 1. The van der Waals surface area contributed by atoms with Gasteiger partial charge in [-0.25, -0.2) is 4.79 Å². The third kappa shape index (κ3) is 2.15. The minimum Gasteiger partial charge on any atom is -0.480 e. The Hall–Kier alpha value is -1.85. The molecule has 1 atom stereocenters. The van der Waals surface area contributed by atoms with Gasteiger partial charge in [-0.2, -0.15) is 0 Å². The first kappa shape index (κ1) is 11.6. The molecule has 1 amide bonds. The molecule has 1 N–H and O–H groups in total. The lowest BCUT2D eigenvalue weighted by Gasteiger charge is -2.32. The Kier molecular flexibility index (Phi) is 3.12. The van der Waals surface area contributed by atoms with Crippen LogP contribution in [0.5, 0.6) is 0 Å². The second-order valence-corrected chi connectivity index (χ2v) is 4.19. The van der Waals surface area contributed by atoms with E-state index in [0.717, 1.165) is 12.8 Å². The molecule has 2 rings (SSSR count). The molecule has 6 heteroatoms. The number of carbonyl (C=O) groups is 2. The summed E-state index contributed by atoms with van der Waals surface area (Å²) in [5.74, 6) is -1.21. The number of piperidine rings is 1. The van der Waals surface area contributed by atoms with Gasteiger partial charge in [0.05, 0.1) is 6.20 Å². The van der Waals surface area contributed by atoms with Crippen LogP contribution in [0.2, 0.25) is 0 Å². The number of amides is 1. The van der Waals surface area contributed by atoms with Gasteiger partial charge in [0.1, 0.15) is 6.04 Å². The second-order valence-electron chi connectivity index (χ2n) is 4.19. The van der Waals surface area contributed by atoms with Crippen LogP contribution in [0.1, 0.15) is 35.4 Å². The van der Waals surface area contributed by atoms with Crippen molar-refractivity contribution < 1.29 is 19.2 Å². The Morgan fingerprint density at radius 3 is 2.88 bits per heavy atom. The van der Waals surface area contributed by atoms with Crippen molar-refractivity contribution >= 4 is 11.9 Å². The van der Waals surface area contributed by atoms with Gasteiger partial charge in [-0.3, -0.25) is 4.79 Å². The number of hydrogen-bond acceptors (Lipinski definition) is 4. The van der Waals surface area contributed by atoms with Crippen molar-refractivity contribution in [3.8, 4) is 0 Å². The van der Waals surface area contributed by atoms with Gasteiger partial charge < -0.3 is 14.5 Å². The highest BCUT2D eigenvalue weighted by molar-refractivity contribution is 5.95. The third-order valence-electron chi connectivity index (χ3n) is 2.99. The Morgan fingerprint density at radius 2 is 2.29 bits per heavy atom. The molecule has 92 valence electrons. The highest BCUT2D eigenvalue weighted by atomic mass is 16.5. The smallest absolute Gasteiger partial charge is 0.326 e. The minimum atomic E-state index is -0.963. The van der Waals surface area contributed by atoms with E-state index in [2.05, 4.69) is 5.16 Å². The Bertz CT molecular complexity index is 440. The molecule has 0 bridgehead atoms. The first-order valence-electron chi connectivity index (χ1n) is 5.56. The summed E-state index contributed by atoms with van der Waals surface area (Å²) in [5, 5.41) is 12.6. The highest BCUT2D eigenvalue weighted by Crippen LogP contribution is 2.21. The first-order chi connectivity index (χ1) is 8.11. The van der Waals surface area contributed by atoms with Gasteiger partial charge in [0.15, 0.2) is 0 Å². The zero-order valence-electron chi connectivity index (χ0n) is 9.55. The highest BCUT2D eigenvalue weighted by Gasteiger charge is 2.34. The maximum atomic E-state index is 12.1. The van der Waals surface area contributed by atoms with Crippen molar-refractivity contribution in [2.24, 2.45) is 0 Å². The van der Waals surface area contributed by atoms with Gasteiger partial charge in [0.2, 0.25) is 5.76 Å². The van der Waals surface area contributed by atoms with Crippen LogP contribution in [0.25, 0.3) is 0 Å². The molecule has 6 nitrogen and oxygen atoms in total. The van der Waals surface area contributed by atoms with Crippen molar-refractivity contribution in [2.75, 3.05) is 6.54 Å². The number of hydrogen-bond donors (Lipinski definition) is 1. The van der Waals surface area contributed by atoms with Crippen LogP contribution in [0.4, 0.5) is 0 Å². The predicted octanol–water partition coefficient (Wildman–Crippen LogP) is 1.06. The molecule has 0 saturated carbocycles. The van der Waals surface area contributed by atoms with Crippen molar-refractivity contribution in [3.05, 3.63) is 17.5 Å². The molecule has 1 unspecified atom stereocenters. The fourth-order valence-electron chi connectivity index (χ4n) is 2.06. The van der Waals surface area contributed by atoms with Gasteiger partial charge in [0.25, 0.3) is 5.91 Å². The van der Waals surface area contributed by atoms with Gasteiger partial charge in [-0.15, -0.1) is 0 Å². The van der Waals surface area contributed by atoms with E-state index in [1.54, 1.807) is 6.92 Å². The average molecular weight is 238 g/mol. The van der Waals surface area contributed by atoms with Crippen LogP contribution in [0.15, 0.2) is 10.7 Å². The molecular formula is C11H14N2O4. The average Bonchev–Trinajstić information content (AvgIpc) is 2.74. The molecule has 0 spiro atoms. The molecule has 1 aromatic rings. The monoisotopic (exact) mass is 238 g/mol. The molecule has 17 heavy (non-hydrogen) atoms. The van der Waals surface area contributed by atoms with E-state index in [0.29, 0.717) is 18.5 Å². The van der Waals surface area contributed by atoms with Gasteiger partial charge in [-0.1, -0.05) is 5.16 Å². The second kappa shape index (κ2) is 4.57. The quantitative estimate of drug-likeness (QED) is 0.832. The number of rotatable bonds is 2. The standard InChI is InChI=1S/C11H14N2O4/c1-7-6-12-17-9(7)10(14)13-5-3-2-4-8(13)11(15)16/h6,8H,2-5H2,1H3,(H,15,16). The van der Waals surface area contributed by atoms with Crippen molar-refractivity contribution in [1.29, 1.82) is 0 Å². The van der Waals surface area contributed by atoms with E-state index in [4.69, 9.17) is 9.63 Å². The number of aryl methyl sites for hydroxylation is 1. The summed E-state index contributed by atoms with van der Waals surface area (Å²) in [7, 11) is 0. The maximum Gasteiger partial charge on any atom is 0.326 e. The number of nitrogens with zero attached hydrogens (tertiary/aromatic N) is 2. The van der Waals surface area contributed by atoms with E-state index < -0.39 is 12.0 Å². The zero-order chi connectivity index (χ0) is 12.4. The van der Waals surface area contributed by atoms with Crippen LogP contribution in [0.3, 0.4) is 0 Å². The molecule has 1 saturated heterocycles. The number of aromatic nitrogens is 1. The van der Waals surface area contributed by atoms with Crippen molar-refractivity contribution in [2.45, 2.75) is 32.2 Å². The van der Waals surface area contributed by atoms with Crippen LogP contribution < -0.4 is 0 Å².